The maximum Gasteiger partial charge on any atom is 0.337 e. The molecule has 0 spiro atoms. The Kier molecular flexibility index (Phi) is 7.88. The number of benzene rings is 3. The van der Waals surface area contributed by atoms with Gasteiger partial charge in [0.2, 0.25) is 5.91 Å². The van der Waals surface area contributed by atoms with Crippen molar-refractivity contribution in [3.63, 3.8) is 0 Å². The Labute approximate surface area is 223 Å². The maximum absolute atomic E-state index is 13.5. The maximum atomic E-state index is 13.5. The highest BCUT2D eigenvalue weighted by Crippen LogP contribution is 2.33. The van der Waals surface area contributed by atoms with E-state index in [9.17, 15) is 14.4 Å². The molecule has 0 aliphatic carbocycles. The zero-order valence-corrected chi connectivity index (χ0v) is 21.4. The molecule has 0 bridgehead atoms. The summed E-state index contributed by atoms with van der Waals surface area (Å²) in [6.45, 7) is 0.342. The minimum Gasteiger partial charge on any atom is -0.465 e. The van der Waals surface area contributed by atoms with Crippen LogP contribution in [0.15, 0.2) is 72.8 Å². The lowest BCUT2D eigenvalue weighted by Crippen LogP contribution is -2.37. The van der Waals surface area contributed by atoms with Crippen LogP contribution in [0.1, 0.15) is 22.3 Å². The van der Waals surface area contributed by atoms with Crippen LogP contribution in [0.4, 0.5) is 11.4 Å². The molecule has 1 N–H and O–H groups in total. The second-order valence-electron chi connectivity index (χ2n) is 8.01. The van der Waals surface area contributed by atoms with Crippen molar-refractivity contribution < 1.29 is 19.1 Å². The first-order chi connectivity index (χ1) is 17.3. The van der Waals surface area contributed by atoms with E-state index in [-0.39, 0.29) is 28.4 Å². The highest BCUT2D eigenvalue weighted by Gasteiger charge is 2.44. The topological polar surface area (TPSA) is 78.9 Å². The van der Waals surface area contributed by atoms with E-state index in [0.29, 0.717) is 28.5 Å². The first-order valence-electron chi connectivity index (χ1n) is 10.9. The first-order valence-corrected chi connectivity index (χ1v) is 12.1. The number of methoxy groups -OCH3 is 1. The Morgan fingerprint density at radius 3 is 2.33 bits per heavy atom. The summed E-state index contributed by atoms with van der Waals surface area (Å²) in [7, 11) is 1.30. The number of hydrogen-bond acceptors (Lipinski definition) is 5. The van der Waals surface area contributed by atoms with Gasteiger partial charge in [-0.15, -0.1) is 0 Å². The fourth-order valence-corrected chi connectivity index (χ4v) is 4.53. The minimum absolute atomic E-state index is 0.137. The van der Waals surface area contributed by atoms with Gasteiger partial charge >= 0.3 is 5.97 Å². The summed E-state index contributed by atoms with van der Waals surface area (Å²) in [5, 5.41) is 3.68. The molecule has 10 heteroatoms. The zero-order chi connectivity index (χ0) is 25.8. The third-order valence-corrected chi connectivity index (χ3v) is 6.80. The second kappa shape index (κ2) is 11.1. The van der Waals surface area contributed by atoms with Gasteiger partial charge in [-0.1, -0.05) is 53.5 Å². The number of halogens is 2. The van der Waals surface area contributed by atoms with Gasteiger partial charge in [0.25, 0.3) is 5.91 Å². The highest BCUT2D eigenvalue weighted by molar-refractivity contribution is 7.80. The summed E-state index contributed by atoms with van der Waals surface area (Å²) in [4.78, 5) is 41.2. The van der Waals surface area contributed by atoms with Crippen molar-refractivity contribution in [1.29, 1.82) is 0 Å². The second-order valence-corrected chi connectivity index (χ2v) is 9.18. The van der Waals surface area contributed by atoms with Crippen LogP contribution in [0.25, 0.3) is 0 Å². The van der Waals surface area contributed by atoms with E-state index in [2.05, 4.69) is 10.1 Å². The van der Waals surface area contributed by atoms with Crippen molar-refractivity contribution in [2.24, 2.45) is 0 Å². The van der Waals surface area contributed by atoms with Crippen molar-refractivity contribution in [3.8, 4) is 0 Å². The third kappa shape index (κ3) is 5.51. The quantitative estimate of drug-likeness (QED) is 0.322. The normalized spacial score (nSPS) is 15.2. The molecule has 2 amide bonds. The molecule has 1 heterocycles. The fourth-order valence-electron chi connectivity index (χ4n) is 3.85. The summed E-state index contributed by atoms with van der Waals surface area (Å²) >= 11 is 17.9. The van der Waals surface area contributed by atoms with Crippen LogP contribution < -0.4 is 10.2 Å². The predicted octanol–water partition coefficient (Wildman–Crippen LogP) is 5.31. The van der Waals surface area contributed by atoms with Gasteiger partial charge in [0, 0.05) is 12.2 Å². The van der Waals surface area contributed by atoms with E-state index >= 15 is 0 Å². The number of thiocarbonyl (C=S) groups is 1. The number of nitrogens with zero attached hydrogens (tertiary/aromatic N) is 2. The SMILES string of the molecule is COC(=O)c1ccc(NC(=O)C[C@H]2C(=O)N(c3ccc(Cl)c(Cl)c3)C(=S)N2Cc2ccccc2)cc1. The van der Waals surface area contributed by atoms with E-state index < -0.39 is 12.0 Å². The molecule has 3 aromatic carbocycles. The molecule has 4 rings (SSSR count). The number of carbonyl (C=O) groups excluding carboxylic acids is 3. The van der Waals surface area contributed by atoms with Gasteiger partial charge in [-0.3, -0.25) is 14.5 Å². The molecule has 3 aromatic rings. The molecule has 1 saturated heterocycles. The Morgan fingerprint density at radius 2 is 1.69 bits per heavy atom. The lowest BCUT2D eigenvalue weighted by atomic mass is 10.1. The summed E-state index contributed by atoms with van der Waals surface area (Å²) in [6.07, 6.45) is -0.137. The van der Waals surface area contributed by atoms with Gasteiger partial charge in [0.05, 0.1) is 34.8 Å². The van der Waals surface area contributed by atoms with Crippen molar-refractivity contribution in [3.05, 3.63) is 94.0 Å². The van der Waals surface area contributed by atoms with Crippen LogP contribution in [0.3, 0.4) is 0 Å². The van der Waals surface area contributed by atoms with Gasteiger partial charge in [0.1, 0.15) is 6.04 Å². The van der Waals surface area contributed by atoms with Crippen molar-refractivity contribution in [2.45, 2.75) is 19.0 Å². The van der Waals surface area contributed by atoms with Gasteiger partial charge < -0.3 is 15.0 Å². The fraction of sp³-hybridized carbons (Fsp3) is 0.154. The third-order valence-electron chi connectivity index (χ3n) is 5.64. The first kappa shape index (κ1) is 25.6. The predicted molar refractivity (Wildman–Crippen MR) is 143 cm³/mol. The van der Waals surface area contributed by atoms with E-state index in [1.807, 2.05) is 30.3 Å². The molecule has 7 nitrogen and oxygen atoms in total. The van der Waals surface area contributed by atoms with Crippen LogP contribution in [0.2, 0.25) is 10.0 Å². The number of hydrogen-bond donors (Lipinski definition) is 1. The number of esters is 1. The molecule has 0 aromatic heterocycles. The summed E-state index contributed by atoms with van der Waals surface area (Å²) in [5.74, 6) is -1.20. The molecule has 36 heavy (non-hydrogen) atoms. The van der Waals surface area contributed by atoms with E-state index in [1.165, 1.54) is 12.0 Å². The standard InChI is InChI=1S/C26H21Cl2N3O4S/c1-35-25(34)17-7-9-18(10-8-17)29-23(32)14-22-24(33)31(19-11-12-20(27)21(28)13-19)26(36)30(22)15-16-5-3-2-4-6-16/h2-13,22H,14-15H2,1H3,(H,29,32)/t22-/m0/s1. The molecule has 1 fully saturated rings. The highest BCUT2D eigenvalue weighted by atomic mass is 35.5. The van der Waals surface area contributed by atoms with E-state index in [1.54, 1.807) is 47.4 Å². The van der Waals surface area contributed by atoms with Gasteiger partial charge in [0.15, 0.2) is 5.11 Å². The number of rotatable bonds is 7. The molecule has 1 aliphatic rings. The molecular weight excluding hydrogens is 521 g/mol. The van der Waals surface area contributed by atoms with Crippen LogP contribution in [0.5, 0.6) is 0 Å². The zero-order valence-electron chi connectivity index (χ0n) is 19.1. The van der Waals surface area contributed by atoms with Crippen molar-refractivity contribution in [1.82, 2.24) is 4.90 Å². The van der Waals surface area contributed by atoms with Crippen molar-refractivity contribution >= 4 is 69.7 Å². The monoisotopic (exact) mass is 541 g/mol. The van der Waals surface area contributed by atoms with E-state index in [0.717, 1.165) is 5.56 Å². The number of anilines is 2. The van der Waals surface area contributed by atoms with Gasteiger partial charge in [-0.25, -0.2) is 4.79 Å². The average Bonchev–Trinajstić information content (AvgIpc) is 3.10. The number of amides is 2. The van der Waals surface area contributed by atoms with E-state index in [4.69, 9.17) is 35.4 Å². The summed E-state index contributed by atoms with van der Waals surface area (Å²) in [6, 6.07) is 19.8. The summed E-state index contributed by atoms with van der Waals surface area (Å²) in [5.41, 5.74) is 2.25. The van der Waals surface area contributed by atoms with Gasteiger partial charge in [-0.2, -0.15) is 0 Å². The number of nitrogens with one attached hydrogen (secondary N) is 1. The molecular formula is C26H21Cl2N3O4S. The minimum atomic E-state index is -0.832. The van der Waals surface area contributed by atoms with Crippen LogP contribution in [-0.2, 0) is 20.9 Å². The Balaban J connectivity index is 1.57. The molecule has 1 aliphatic heterocycles. The Bertz CT molecular complexity index is 1320. The van der Waals surface area contributed by atoms with Crippen LogP contribution in [-0.4, -0.2) is 40.9 Å². The largest absolute Gasteiger partial charge is 0.465 e. The lowest BCUT2D eigenvalue weighted by Gasteiger charge is -2.24. The molecule has 0 saturated carbocycles. The Morgan fingerprint density at radius 1 is 1.00 bits per heavy atom. The lowest BCUT2D eigenvalue weighted by molar-refractivity contribution is -0.124. The number of carbonyl (C=O) groups is 3. The molecule has 1 atom stereocenters. The van der Waals surface area contributed by atoms with Crippen molar-refractivity contribution in [2.75, 3.05) is 17.3 Å². The van der Waals surface area contributed by atoms with Crippen LogP contribution in [0, 0.1) is 0 Å². The molecule has 0 unspecified atom stereocenters. The van der Waals surface area contributed by atoms with Gasteiger partial charge in [-0.05, 0) is 60.2 Å². The number of ether oxygens (including phenoxy) is 1. The Hall–Kier alpha value is -3.46. The summed E-state index contributed by atoms with van der Waals surface area (Å²) < 4.78 is 4.69. The average molecular weight is 542 g/mol. The van der Waals surface area contributed by atoms with Crippen LogP contribution >= 0.6 is 35.4 Å². The molecule has 0 radical (unpaired) electrons. The smallest absolute Gasteiger partial charge is 0.337 e. The molecule has 184 valence electrons.